The molecule has 0 aromatic carbocycles. The fourth-order valence-corrected chi connectivity index (χ4v) is 1.64. The van der Waals surface area contributed by atoms with Gasteiger partial charge in [0.1, 0.15) is 0 Å². The van der Waals surface area contributed by atoms with E-state index < -0.39 is 0 Å². The van der Waals surface area contributed by atoms with Crippen LogP contribution in [0, 0.1) is 0 Å². The molecule has 0 saturated heterocycles. The van der Waals surface area contributed by atoms with E-state index >= 15 is 0 Å². The molecule has 0 fully saturated rings. The van der Waals surface area contributed by atoms with Crippen molar-refractivity contribution >= 4 is 11.3 Å². The van der Waals surface area contributed by atoms with E-state index in [-0.39, 0.29) is 0 Å². The maximum atomic E-state index is 8.68. The van der Waals surface area contributed by atoms with E-state index in [0.29, 0.717) is 0 Å². The Kier molecular flexibility index (Phi) is 2.58. The van der Waals surface area contributed by atoms with Gasteiger partial charge in [0.15, 0.2) is 0 Å². The Morgan fingerprint density at radius 2 is 2.21 bits per heavy atom. The number of hydrogen-bond donors (Lipinski definition) is 1. The molecule has 1 aliphatic carbocycles. The molecule has 14 heavy (non-hydrogen) atoms. The summed E-state index contributed by atoms with van der Waals surface area (Å²) in [5, 5.41) is 11.9. The summed E-state index contributed by atoms with van der Waals surface area (Å²) in [5.41, 5.74) is 2.88. The Morgan fingerprint density at radius 1 is 1.29 bits per heavy atom. The summed E-state index contributed by atoms with van der Waals surface area (Å²) in [4.78, 5) is 4.27. The maximum absolute atomic E-state index is 8.68. The van der Waals surface area contributed by atoms with Gasteiger partial charge in [-0.1, -0.05) is 11.2 Å². The van der Waals surface area contributed by atoms with Crippen molar-refractivity contribution in [2.75, 3.05) is 0 Å². The van der Waals surface area contributed by atoms with Crippen molar-refractivity contribution < 1.29 is 5.21 Å². The quantitative estimate of drug-likeness (QED) is 0.543. The summed E-state index contributed by atoms with van der Waals surface area (Å²) in [5.74, 6) is 0. The Bertz CT molecular complexity index is 368. The van der Waals surface area contributed by atoms with Gasteiger partial charge >= 0.3 is 0 Å². The molecular formula is C11H12N2O. The lowest BCUT2D eigenvalue weighted by molar-refractivity contribution is 0.318. The average molecular weight is 188 g/mol. The van der Waals surface area contributed by atoms with Crippen molar-refractivity contribution in [3.05, 3.63) is 36.2 Å². The van der Waals surface area contributed by atoms with E-state index in [0.717, 1.165) is 36.2 Å². The molecule has 0 saturated carbocycles. The molecule has 3 heteroatoms. The van der Waals surface area contributed by atoms with Crippen LogP contribution >= 0.6 is 0 Å². The molecule has 0 aliphatic heterocycles. The van der Waals surface area contributed by atoms with Crippen molar-refractivity contribution in [2.45, 2.75) is 19.3 Å². The van der Waals surface area contributed by atoms with Crippen LogP contribution in [-0.2, 0) is 0 Å². The number of pyridine rings is 1. The highest BCUT2D eigenvalue weighted by molar-refractivity contribution is 6.01. The Labute approximate surface area is 82.8 Å². The largest absolute Gasteiger partial charge is 0.411 e. The zero-order valence-corrected chi connectivity index (χ0v) is 7.85. The predicted molar refractivity (Wildman–Crippen MR) is 55.3 cm³/mol. The second-order valence-electron chi connectivity index (χ2n) is 3.33. The van der Waals surface area contributed by atoms with E-state index in [1.54, 1.807) is 6.20 Å². The van der Waals surface area contributed by atoms with Gasteiger partial charge in [-0.25, -0.2) is 0 Å². The summed E-state index contributed by atoms with van der Waals surface area (Å²) in [6, 6.07) is 5.84. The van der Waals surface area contributed by atoms with Gasteiger partial charge in [0.2, 0.25) is 0 Å². The first-order valence-corrected chi connectivity index (χ1v) is 4.73. The predicted octanol–water partition coefficient (Wildman–Crippen LogP) is 2.48. The van der Waals surface area contributed by atoms with Crippen LogP contribution in [0.5, 0.6) is 0 Å². The van der Waals surface area contributed by atoms with Crippen LogP contribution < -0.4 is 0 Å². The third-order valence-electron chi connectivity index (χ3n) is 2.34. The van der Waals surface area contributed by atoms with Crippen LogP contribution in [0.4, 0.5) is 0 Å². The first-order chi connectivity index (χ1) is 6.90. The minimum Gasteiger partial charge on any atom is -0.411 e. The first kappa shape index (κ1) is 8.94. The van der Waals surface area contributed by atoms with Crippen LogP contribution in [-0.4, -0.2) is 15.9 Å². The molecule has 0 unspecified atom stereocenters. The molecular weight excluding hydrogens is 176 g/mol. The number of oxime groups is 1. The summed E-state index contributed by atoms with van der Waals surface area (Å²) in [6.07, 6.45) is 6.59. The van der Waals surface area contributed by atoms with E-state index in [2.05, 4.69) is 10.1 Å². The van der Waals surface area contributed by atoms with Crippen LogP contribution in [0.3, 0.4) is 0 Å². The molecule has 0 spiro atoms. The van der Waals surface area contributed by atoms with Crippen LogP contribution in [0.15, 0.2) is 35.6 Å². The van der Waals surface area contributed by atoms with Crippen molar-refractivity contribution in [1.29, 1.82) is 0 Å². The van der Waals surface area contributed by atoms with Crippen molar-refractivity contribution in [3.8, 4) is 0 Å². The third-order valence-corrected chi connectivity index (χ3v) is 2.34. The van der Waals surface area contributed by atoms with Gasteiger partial charge in [-0.3, -0.25) is 4.98 Å². The van der Waals surface area contributed by atoms with E-state index in [9.17, 15) is 0 Å². The smallest absolute Gasteiger partial charge is 0.0799 e. The van der Waals surface area contributed by atoms with Gasteiger partial charge in [0.25, 0.3) is 0 Å². The minimum absolute atomic E-state index is 0.747. The van der Waals surface area contributed by atoms with E-state index in [1.807, 2.05) is 24.3 Å². The second kappa shape index (κ2) is 4.05. The van der Waals surface area contributed by atoms with Gasteiger partial charge in [0, 0.05) is 6.20 Å². The van der Waals surface area contributed by atoms with Crippen molar-refractivity contribution in [3.63, 3.8) is 0 Å². The average Bonchev–Trinajstić information content (AvgIpc) is 2.30. The highest BCUT2D eigenvalue weighted by atomic mass is 16.4. The molecule has 1 N–H and O–H groups in total. The van der Waals surface area contributed by atoms with Crippen LogP contribution in [0.1, 0.15) is 25.0 Å². The molecule has 1 aromatic rings. The Balaban J connectivity index is 2.31. The Hall–Kier alpha value is -1.64. The van der Waals surface area contributed by atoms with Gasteiger partial charge in [0.05, 0.1) is 11.4 Å². The Morgan fingerprint density at radius 3 is 2.93 bits per heavy atom. The summed E-state index contributed by atoms with van der Waals surface area (Å²) in [6.45, 7) is 0. The fourth-order valence-electron chi connectivity index (χ4n) is 1.64. The lowest BCUT2D eigenvalue weighted by atomic mass is 9.95. The lowest BCUT2D eigenvalue weighted by Gasteiger charge is -2.12. The van der Waals surface area contributed by atoms with E-state index in [4.69, 9.17) is 5.21 Å². The van der Waals surface area contributed by atoms with Crippen LogP contribution in [0.25, 0.3) is 5.57 Å². The summed E-state index contributed by atoms with van der Waals surface area (Å²) < 4.78 is 0. The lowest BCUT2D eigenvalue weighted by Crippen LogP contribution is -2.03. The molecule has 2 rings (SSSR count). The number of aromatic nitrogens is 1. The van der Waals surface area contributed by atoms with Gasteiger partial charge in [-0.05, 0) is 43.0 Å². The third kappa shape index (κ3) is 1.82. The molecule has 3 nitrogen and oxygen atoms in total. The zero-order chi connectivity index (χ0) is 9.80. The van der Waals surface area contributed by atoms with Gasteiger partial charge in [-0.2, -0.15) is 0 Å². The van der Waals surface area contributed by atoms with Gasteiger partial charge in [-0.15, -0.1) is 0 Å². The molecule has 0 bridgehead atoms. The number of allylic oxidation sites excluding steroid dienone is 2. The number of rotatable bonds is 1. The monoisotopic (exact) mass is 188 g/mol. The number of nitrogens with zero attached hydrogens (tertiary/aromatic N) is 2. The van der Waals surface area contributed by atoms with E-state index in [1.165, 1.54) is 0 Å². The molecule has 1 aliphatic rings. The molecule has 0 atom stereocenters. The summed E-state index contributed by atoms with van der Waals surface area (Å²) >= 11 is 0. The SMILES string of the molecule is ON=C1C=C(c2ccccn2)CCC1. The maximum Gasteiger partial charge on any atom is 0.0799 e. The highest BCUT2D eigenvalue weighted by Gasteiger charge is 2.10. The van der Waals surface area contributed by atoms with Crippen LogP contribution in [0.2, 0.25) is 0 Å². The highest BCUT2D eigenvalue weighted by Crippen LogP contribution is 2.23. The molecule has 0 radical (unpaired) electrons. The molecule has 1 heterocycles. The molecule has 0 amide bonds. The number of hydrogen-bond acceptors (Lipinski definition) is 3. The van der Waals surface area contributed by atoms with Gasteiger partial charge < -0.3 is 5.21 Å². The van der Waals surface area contributed by atoms with Crippen molar-refractivity contribution in [2.24, 2.45) is 5.16 Å². The second-order valence-corrected chi connectivity index (χ2v) is 3.33. The zero-order valence-electron chi connectivity index (χ0n) is 7.85. The normalized spacial score (nSPS) is 19.4. The summed E-state index contributed by atoms with van der Waals surface area (Å²) in [7, 11) is 0. The standard InChI is InChI=1S/C11H12N2O/c14-13-10-5-3-4-9(8-10)11-6-1-2-7-12-11/h1-2,6-8,14H,3-5H2. The molecule has 1 aromatic heterocycles. The first-order valence-electron chi connectivity index (χ1n) is 4.73. The topological polar surface area (TPSA) is 45.5 Å². The van der Waals surface area contributed by atoms with Crippen molar-refractivity contribution in [1.82, 2.24) is 4.98 Å². The fraction of sp³-hybridized carbons (Fsp3) is 0.273. The molecule has 72 valence electrons. The minimum atomic E-state index is 0.747.